The van der Waals surface area contributed by atoms with Crippen molar-refractivity contribution < 1.29 is 9.90 Å². The van der Waals surface area contributed by atoms with E-state index in [4.69, 9.17) is 5.73 Å². The van der Waals surface area contributed by atoms with Crippen LogP contribution in [-0.2, 0) is 4.79 Å². The van der Waals surface area contributed by atoms with Crippen LogP contribution in [0, 0.1) is 5.92 Å². The van der Waals surface area contributed by atoms with Crippen molar-refractivity contribution in [2.24, 2.45) is 5.92 Å². The van der Waals surface area contributed by atoms with Gasteiger partial charge in [0.1, 0.15) is 5.75 Å². The molecule has 0 spiro atoms. The molecule has 1 aromatic heterocycles. The molecular weight excluding hydrogens is 426 g/mol. The van der Waals surface area contributed by atoms with E-state index >= 15 is 0 Å². The third kappa shape index (κ3) is 6.39. The summed E-state index contributed by atoms with van der Waals surface area (Å²) in [5.74, 6) is 1.79. The molecule has 1 amide bonds. The summed E-state index contributed by atoms with van der Waals surface area (Å²) in [6.07, 6.45) is 13.9. The van der Waals surface area contributed by atoms with E-state index in [-0.39, 0.29) is 11.7 Å². The minimum Gasteiger partial charge on any atom is -0.507 e. The van der Waals surface area contributed by atoms with Crippen LogP contribution < -0.4 is 10.6 Å². The van der Waals surface area contributed by atoms with Crippen molar-refractivity contribution in [1.29, 1.82) is 0 Å². The van der Waals surface area contributed by atoms with Gasteiger partial charge >= 0.3 is 0 Å². The zero-order chi connectivity index (χ0) is 23.8. The van der Waals surface area contributed by atoms with E-state index in [0.717, 1.165) is 24.4 Å². The Balaban J connectivity index is 1.18. The summed E-state index contributed by atoms with van der Waals surface area (Å²) in [4.78, 5) is 16.8. The van der Waals surface area contributed by atoms with Gasteiger partial charge in [-0.2, -0.15) is 0 Å². The molecule has 0 bridgehead atoms. The molecule has 7 nitrogen and oxygen atoms in total. The predicted octanol–water partition coefficient (Wildman–Crippen LogP) is 5.00. The summed E-state index contributed by atoms with van der Waals surface area (Å²) in [7, 11) is 0. The van der Waals surface area contributed by atoms with E-state index < -0.39 is 0 Å². The maximum atomic E-state index is 12.7. The van der Waals surface area contributed by atoms with Gasteiger partial charge in [0.15, 0.2) is 5.82 Å². The van der Waals surface area contributed by atoms with Crippen LogP contribution in [0.3, 0.4) is 0 Å². The van der Waals surface area contributed by atoms with E-state index in [0.29, 0.717) is 49.7 Å². The Bertz CT molecular complexity index is 936. The van der Waals surface area contributed by atoms with Crippen molar-refractivity contribution in [2.75, 3.05) is 36.8 Å². The number of nitrogens with two attached hydrogens (primary N) is 1. The van der Waals surface area contributed by atoms with Gasteiger partial charge in [0.05, 0.1) is 11.4 Å². The highest BCUT2D eigenvalue weighted by Crippen LogP contribution is 2.32. The fourth-order valence-corrected chi connectivity index (χ4v) is 5.36. The third-order valence-electron chi connectivity index (χ3n) is 7.43. The molecule has 1 saturated carbocycles. The van der Waals surface area contributed by atoms with Gasteiger partial charge in [-0.1, -0.05) is 69.9 Å². The standard InChI is InChI=1S/C27H39N5O2/c28-27-24(20-23(29-30-27)22-13-8-9-14-25(22)33)31-16-18-32(19-17-31)26(34)15-5-3-1-2-4-10-21-11-6-7-12-21/h8-9,13-14,20-21,33H,1-7,10-12,15-19H2,(H2,28,30). The van der Waals surface area contributed by atoms with Crippen LogP contribution in [0.25, 0.3) is 11.3 Å². The van der Waals surface area contributed by atoms with Crippen LogP contribution in [0.5, 0.6) is 5.75 Å². The topological polar surface area (TPSA) is 95.6 Å². The molecular formula is C27H39N5O2. The lowest BCUT2D eigenvalue weighted by atomic mass is 9.99. The van der Waals surface area contributed by atoms with Gasteiger partial charge in [-0.3, -0.25) is 4.79 Å². The van der Waals surface area contributed by atoms with Gasteiger partial charge in [-0.15, -0.1) is 10.2 Å². The zero-order valence-electron chi connectivity index (χ0n) is 20.3. The van der Waals surface area contributed by atoms with E-state index in [1.54, 1.807) is 12.1 Å². The molecule has 1 aromatic carbocycles. The molecule has 7 heteroatoms. The van der Waals surface area contributed by atoms with E-state index in [1.165, 1.54) is 51.4 Å². The second kappa shape index (κ2) is 12.0. The van der Waals surface area contributed by atoms with Gasteiger partial charge in [-0.05, 0) is 30.5 Å². The van der Waals surface area contributed by atoms with Crippen molar-refractivity contribution in [1.82, 2.24) is 15.1 Å². The first-order valence-electron chi connectivity index (χ1n) is 13.1. The molecule has 0 unspecified atom stereocenters. The smallest absolute Gasteiger partial charge is 0.222 e. The Kier molecular flexibility index (Phi) is 8.61. The Morgan fingerprint density at radius 2 is 1.68 bits per heavy atom. The van der Waals surface area contributed by atoms with Gasteiger partial charge in [0.25, 0.3) is 0 Å². The van der Waals surface area contributed by atoms with Crippen LogP contribution in [-0.4, -0.2) is 52.3 Å². The average molecular weight is 466 g/mol. The summed E-state index contributed by atoms with van der Waals surface area (Å²) in [5, 5.41) is 18.4. The number of aromatic nitrogens is 2. The second-order valence-corrected chi connectivity index (χ2v) is 9.84. The van der Waals surface area contributed by atoms with Crippen LogP contribution >= 0.6 is 0 Å². The fraction of sp³-hybridized carbons (Fsp3) is 0.593. The second-order valence-electron chi connectivity index (χ2n) is 9.84. The number of phenolic OH excluding ortho intramolecular Hbond substituents is 1. The summed E-state index contributed by atoms with van der Waals surface area (Å²) in [5.41, 5.74) is 8.14. The Labute approximate surface area is 203 Å². The van der Waals surface area contributed by atoms with Crippen molar-refractivity contribution in [3.8, 4) is 17.0 Å². The molecule has 34 heavy (non-hydrogen) atoms. The highest BCUT2D eigenvalue weighted by Gasteiger charge is 2.23. The minimum absolute atomic E-state index is 0.164. The number of piperazine rings is 1. The van der Waals surface area contributed by atoms with Crippen LogP contribution in [0.15, 0.2) is 30.3 Å². The maximum absolute atomic E-state index is 12.7. The third-order valence-corrected chi connectivity index (χ3v) is 7.43. The lowest BCUT2D eigenvalue weighted by Gasteiger charge is -2.36. The largest absolute Gasteiger partial charge is 0.507 e. The SMILES string of the molecule is Nc1nnc(-c2ccccc2O)cc1N1CCN(C(=O)CCCCCCCC2CCCC2)CC1. The molecule has 2 fully saturated rings. The molecule has 3 N–H and O–H groups in total. The van der Waals surface area contributed by atoms with Gasteiger partial charge in [-0.25, -0.2) is 0 Å². The van der Waals surface area contributed by atoms with E-state index in [2.05, 4.69) is 15.1 Å². The molecule has 1 aliphatic carbocycles. The Morgan fingerprint density at radius 3 is 2.44 bits per heavy atom. The van der Waals surface area contributed by atoms with Crippen LogP contribution in [0.1, 0.15) is 70.6 Å². The molecule has 0 radical (unpaired) electrons. The number of anilines is 2. The average Bonchev–Trinajstić information content (AvgIpc) is 3.38. The number of para-hydroxylation sites is 1. The number of rotatable bonds is 10. The molecule has 2 aromatic rings. The lowest BCUT2D eigenvalue weighted by Crippen LogP contribution is -2.49. The van der Waals surface area contributed by atoms with E-state index in [9.17, 15) is 9.90 Å². The number of phenols is 1. The first-order chi connectivity index (χ1) is 16.6. The van der Waals surface area contributed by atoms with Gasteiger partial charge in [0, 0.05) is 38.2 Å². The van der Waals surface area contributed by atoms with Crippen molar-refractivity contribution in [3.63, 3.8) is 0 Å². The lowest BCUT2D eigenvalue weighted by molar-refractivity contribution is -0.131. The zero-order valence-corrected chi connectivity index (χ0v) is 20.3. The fourth-order valence-electron chi connectivity index (χ4n) is 5.36. The number of hydrogen-bond acceptors (Lipinski definition) is 6. The van der Waals surface area contributed by atoms with Crippen molar-refractivity contribution in [2.45, 2.75) is 70.6 Å². The first kappa shape index (κ1) is 24.3. The Hall–Kier alpha value is -2.83. The van der Waals surface area contributed by atoms with Crippen LogP contribution in [0.2, 0.25) is 0 Å². The molecule has 1 aliphatic heterocycles. The quantitative estimate of drug-likeness (QED) is 0.479. The van der Waals surface area contributed by atoms with Gasteiger partial charge in [0.2, 0.25) is 5.91 Å². The highest BCUT2D eigenvalue weighted by molar-refractivity contribution is 5.77. The predicted molar refractivity (Wildman–Crippen MR) is 137 cm³/mol. The normalized spacial score (nSPS) is 16.8. The summed E-state index contributed by atoms with van der Waals surface area (Å²) in [6, 6.07) is 8.95. The number of aromatic hydroxyl groups is 1. The summed E-state index contributed by atoms with van der Waals surface area (Å²) in [6.45, 7) is 2.80. The summed E-state index contributed by atoms with van der Waals surface area (Å²) >= 11 is 0. The first-order valence-corrected chi connectivity index (χ1v) is 13.1. The molecule has 0 atom stereocenters. The molecule has 184 valence electrons. The maximum Gasteiger partial charge on any atom is 0.222 e. The number of hydrogen-bond donors (Lipinski definition) is 2. The molecule has 2 heterocycles. The molecule has 2 aliphatic rings. The van der Waals surface area contributed by atoms with Crippen molar-refractivity contribution >= 4 is 17.4 Å². The van der Waals surface area contributed by atoms with Crippen LogP contribution in [0.4, 0.5) is 11.5 Å². The number of carbonyl (C=O) groups is 1. The van der Waals surface area contributed by atoms with Crippen molar-refractivity contribution in [3.05, 3.63) is 30.3 Å². The number of carbonyl (C=O) groups excluding carboxylic acids is 1. The Morgan fingerprint density at radius 1 is 0.971 bits per heavy atom. The summed E-state index contributed by atoms with van der Waals surface area (Å²) < 4.78 is 0. The minimum atomic E-state index is 0.164. The highest BCUT2D eigenvalue weighted by atomic mass is 16.3. The number of unbranched alkanes of at least 4 members (excludes halogenated alkanes) is 4. The van der Waals surface area contributed by atoms with E-state index in [1.807, 2.05) is 23.1 Å². The van der Waals surface area contributed by atoms with Gasteiger partial charge < -0.3 is 20.6 Å². The number of nitrogen functional groups attached to an aromatic ring is 1. The number of amides is 1. The number of benzene rings is 1. The molecule has 1 saturated heterocycles. The monoisotopic (exact) mass is 465 g/mol. The molecule has 4 rings (SSSR count). The number of nitrogens with zero attached hydrogens (tertiary/aromatic N) is 4.